The van der Waals surface area contributed by atoms with Gasteiger partial charge in [-0.25, -0.2) is 4.98 Å². The summed E-state index contributed by atoms with van der Waals surface area (Å²) in [7, 11) is 0. The molecule has 1 fully saturated rings. The summed E-state index contributed by atoms with van der Waals surface area (Å²) in [6, 6.07) is 13.5. The molecular formula is C21H25N5O. The molecule has 1 atom stereocenters. The van der Waals surface area contributed by atoms with Crippen LogP contribution in [0.5, 0.6) is 0 Å². The fourth-order valence-electron chi connectivity index (χ4n) is 3.73. The minimum atomic E-state index is -0.316. The number of nitrogens with one attached hydrogen (secondary N) is 2. The van der Waals surface area contributed by atoms with E-state index in [0.29, 0.717) is 17.4 Å². The molecule has 0 saturated carbocycles. The lowest BCUT2D eigenvalue weighted by molar-refractivity contribution is -0.122. The lowest BCUT2D eigenvalue weighted by Gasteiger charge is -2.36. The van der Waals surface area contributed by atoms with Gasteiger partial charge in [0, 0.05) is 5.69 Å². The lowest BCUT2D eigenvalue weighted by Crippen LogP contribution is -2.41. The van der Waals surface area contributed by atoms with Crippen molar-refractivity contribution in [3.63, 3.8) is 0 Å². The first kappa shape index (κ1) is 17.7. The predicted octanol–water partition coefficient (Wildman–Crippen LogP) is 3.68. The van der Waals surface area contributed by atoms with Gasteiger partial charge >= 0.3 is 0 Å². The summed E-state index contributed by atoms with van der Waals surface area (Å²) in [6.07, 6.45) is 2.23. The van der Waals surface area contributed by atoms with E-state index in [1.54, 1.807) is 0 Å². The summed E-state index contributed by atoms with van der Waals surface area (Å²) in [5, 5.41) is 11.0. The van der Waals surface area contributed by atoms with Gasteiger partial charge in [0.25, 0.3) is 0 Å². The smallest absolute Gasteiger partial charge is 0.247 e. The standard InChI is InChI=1S/C21H25N5O/c1-14-10-12-26(13-11-14)18(16-6-4-3-5-7-16)21(27)23-20-17-9-8-15(2)22-19(17)24-25-20/h3-9,14,18H,10-13H2,1-2H3,(H2,22,23,24,25,27). The number of rotatable bonds is 4. The molecule has 6 heteroatoms. The van der Waals surface area contributed by atoms with E-state index in [9.17, 15) is 4.79 Å². The quantitative estimate of drug-likeness (QED) is 0.742. The number of carbonyl (C=O) groups is 1. The van der Waals surface area contributed by atoms with Crippen LogP contribution in [0.25, 0.3) is 11.0 Å². The average molecular weight is 363 g/mol. The lowest BCUT2D eigenvalue weighted by atomic mass is 9.95. The number of H-pyrrole nitrogens is 1. The number of piperidine rings is 1. The second-order valence-corrected chi connectivity index (χ2v) is 7.44. The molecule has 1 amide bonds. The molecule has 1 saturated heterocycles. The van der Waals surface area contributed by atoms with Gasteiger partial charge in [-0.1, -0.05) is 37.3 Å². The van der Waals surface area contributed by atoms with Crippen LogP contribution in [-0.4, -0.2) is 39.1 Å². The summed E-state index contributed by atoms with van der Waals surface area (Å²) < 4.78 is 0. The topological polar surface area (TPSA) is 73.9 Å². The minimum absolute atomic E-state index is 0.0512. The largest absolute Gasteiger partial charge is 0.307 e. The number of aryl methyl sites for hydroxylation is 1. The average Bonchev–Trinajstić information content (AvgIpc) is 3.06. The van der Waals surface area contributed by atoms with Crippen molar-refractivity contribution in [1.82, 2.24) is 20.1 Å². The molecule has 0 aliphatic carbocycles. The van der Waals surface area contributed by atoms with E-state index in [2.05, 4.69) is 32.3 Å². The SMILES string of the molecule is Cc1ccc2c(NC(=O)C(c3ccccc3)N3CCC(C)CC3)n[nH]c2n1. The van der Waals surface area contributed by atoms with Crippen LogP contribution in [-0.2, 0) is 4.79 Å². The van der Waals surface area contributed by atoms with E-state index < -0.39 is 0 Å². The summed E-state index contributed by atoms with van der Waals surface area (Å²) in [5.74, 6) is 1.20. The Bertz CT molecular complexity index is 928. The van der Waals surface area contributed by atoms with Gasteiger partial charge < -0.3 is 5.32 Å². The molecule has 27 heavy (non-hydrogen) atoms. The van der Waals surface area contributed by atoms with Gasteiger partial charge in [0.2, 0.25) is 5.91 Å². The Morgan fingerprint density at radius 2 is 1.93 bits per heavy atom. The number of amides is 1. The molecule has 1 aliphatic heterocycles. The zero-order valence-electron chi connectivity index (χ0n) is 15.8. The molecule has 2 aromatic heterocycles. The molecule has 4 rings (SSSR count). The highest BCUT2D eigenvalue weighted by Gasteiger charge is 2.30. The first-order valence-electron chi connectivity index (χ1n) is 9.53. The summed E-state index contributed by atoms with van der Waals surface area (Å²) >= 11 is 0. The molecule has 1 aliphatic rings. The summed E-state index contributed by atoms with van der Waals surface area (Å²) in [6.45, 7) is 6.06. The van der Waals surface area contributed by atoms with Crippen LogP contribution < -0.4 is 5.32 Å². The number of likely N-dealkylation sites (tertiary alicyclic amines) is 1. The highest BCUT2D eigenvalue weighted by Crippen LogP contribution is 2.29. The number of anilines is 1. The van der Waals surface area contributed by atoms with Gasteiger partial charge in [-0.3, -0.25) is 14.8 Å². The molecule has 1 aromatic carbocycles. The fraction of sp³-hybridized carbons (Fsp3) is 0.381. The zero-order chi connectivity index (χ0) is 18.8. The van der Waals surface area contributed by atoms with Gasteiger partial charge in [-0.15, -0.1) is 0 Å². The van der Waals surface area contributed by atoms with Crippen molar-refractivity contribution in [2.75, 3.05) is 18.4 Å². The fourth-order valence-corrected chi connectivity index (χ4v) is 3.73. The molecular weight excluding hydrogens is 338 g/mol. The maximum atomic E-state index is 13.3. The Morgan fingerprint density at radius 1 is 1.19 bits per heavy atom. The number of hydrogen-bond donors (Lipinski definition) is 2. The number of nitrogens with zero attached hydrogens (tertiary/aromatic N) is 3. The Morgan fingerprint density at radius 3 is 2.67 bits per heavy atom. The summed E-state index contributed by atoms with van der Waals surface area (Å²) in [4.78, 5) is 20.0. The number of aromatic amines is 1. The third kappa shape index (κ3) is 3.71. The van der Waals surface area contributed by atoms with E-state index in [-0.39, 0.29) is 11.9 Å². The van der Waals surface area contributed by atoms with Gasteiger partial charge in [0.1, 0.15) is 6.04 Å². The zero-order valence-corrected chi connectivity index (χ0v) is 15.8. The Kier molecular flexibility index (Phi) is 4.90. The third-order valence-electron chi connectivity index (χ3n) is 5.35. The molecule has 0 spiro atoms. The van der Waals surface area contributed by atoms with Gasteiger partial charge in [-0.2, -0.15) is 5.10 Å². The first-order chi connectivity index (χ1) is 13.1. The normalized spacial score (nSPS) is 17.1. The van der Waals surface area contributed by atoms with E-state index in [1.165, 1.54) is 0 Å². The number of benzene rings is 1. The molecule has 140 valence electrons. The van der Waals surface area contributed by atoms with Crippen molar-refractivity contribution >= 4 is 22.8 Å². The maximum absolute atomic E-state index is 13.3. The highest BCUT2D eigenvalue weighted by atomic mass is 16.2. The minimum Gasteiger partial charge on any atom is -0.307 e. The van der Waals surface area contributed by atoms with Crippen LogP contribution >= 0.6 is 0 Å². The molecule has 1 unspecified atom stereocenters. The van der Waals surface area contributed by atoms with Crippen molar-refractivity contribution < 1.29 is 4.79 Å². The molecule has 6 nitrogen and oxygen atoms in total. The van der Waals surface area contributed by atoms with Crippen molar-refractivity contribution in [2.45, 2.75) is 32.7 Å². The number of fused-ring (bicyclic) bond motifs is 1. The molecule has 2 N–H and O–H groups in total. The number of pyridine rings is 1. The number of carbonyl (C=O) groups excluding carboxylic acids is 1. The highest BCUT2D eigenvalue weighted by molar-refractivity contribution is 6.01. The van der Waals surface area contributed by atoms with Crippen molar-refractivity contribution in [1.29, 1.82) is 0 Å². The molecule has 3 heterocycles. The van der Waals surface area contributed by atoms with Crippen molar-refractivity contribution in [3.05, 3.63) is 53.7 Å². The number of hydrogen-bond acceptors (Lipinski definition) is 4. The van der Waals surface area contributed by atoms with Crippen molar-refractivity contribution in [3.8, 4) is 0 Å². The molecule has 0 bridgehead atoms. The molecule has 3 aromatic rings. The van der Waals surface area contributed by atoms with E-state index in [4.69, 9.17) is 0 Å². The number of aromatic nitrogens is 3. The maximum Gasteiger partial charge on any atom is 0.247 e. The first-order valence-corrected chi connectivity index (χ1v) is 9.53. The summed E-state index contributed by atoms with van der Waals surface area (Å²) in [5.41, 5.74) is 2.61. The van der Waals surface area contributed by atoms with E-state index >= 15 is 0 Å². The van der Waals surface area contributed by atoms with Gasteiger partial charge in [0.05, 0.1) is 5.39 Å². The molecule has 0 radical (unpaired) electrons. The second kappa shape index (κ2) is 7.48. The van der Waals surface area contributed by atoms with Crippen LogP contribution in [0.4, 0.5) is 5.82 Å². The van der Waals surface area contributed by atoms with Crippen LogP contribution in [0.2, 0.25) is 0 Å². The predicted molar refractivity (Wildman–Crippen MR) is 106 cm³/mol. The van der Waals surface area contributed by atoms with Crippen LogP contribution in [0.1, 0.15) is 37.1 Å². The third-order valence-corrected chi connectivity index (χ3v) is 5.35. The Balaban J connectivity index is 1.62. The monoisotopic (exact) mass is 363 g/mol. The van der Waals surface area contributed by atoms with Crippen molar-refractivity contribution in [2.24, 2.45) is 5.92 Å². The van der Waals surface area contributed by atoms with Gasteiger partial charge in [0.15, 0.2) is 11.5 Å². The Hall–Kier alpha value is -2.73. The van der Waals surface area contributed by atoms with Gasteiger partial charge in [-0.05, 0) is 56.5 Å². The van der Waals surface area contributed by atoms with Crippen LogP contribution in [0, 0.1) is 12.8 Å². The van der Waals surface area contributed by atoms with Crippen LogP contribution in [0.15, 0.2) is 42.5 Å². The Labute approximate surface area is 159 Å². The second-order valence-electron chi connectivity index (χ2n) is 7.44. The van der Waals surface area contributed by atoms with E-state index in [0.717, 1.165) is 42.6 Å². The van der Waals surface area contributed by atoms with Crippen LogP contribution in [0.3, 0.4) is 0 Å². The van der Waals surface area contributed by atoms with E-state index in [1.807, 2.05) is 49.4 Å².